The number of carbonyl (C=O) groups excluding carboxylic acids is 1. The maximum atomic E-state index is 12.7. The lowest BCUT2D eigenvalue weighted by Crippen LogP contribution is -2.27. The first-order chi connectivity index (χ1) is 16.1. The first-order valence-corrected chi connectivity index (χ1v) is 11.6. The number of amides is 1. The summed E-state index contributed by atoms with van der Waals surface area (Å²) in [5.74, 6) is -1.07. The molecule has 0 saturated heterocycles. The predicted molar refractivity (Wildman–Crippen MR) is 126 cm³/mol. The molecule has 0 saturated carbocycles. The molecule has 12 heteroatoms. The van der Waals surface area contributed by atoms with Crippen LogP contribution in [0.15, 0.2) is 72.0 Å². The van der Waals surface area contributed by atoms with Gasteiger partial charge in [-0.3, -0.25) is 19.7 Å². The van der Waals surface area contributed by atoms with Crippen molar-refractivity contribution in [1.82, 2.24) is 14.5 Å². The van der Waals surface area contributed by atoms with Crippen LogP contribution in [0.5, 0.6) is 0 Å². The van der Waals surface area contributed by atoms with Crippen LogP contribution >= 0.6 is 0 Å². The molecule has 11 nitrogen and oxygen atoms in total. The minimum absolute atomic E-state index is 0.106. The Hall–Kier alpha value is -4.16. The van der Waals surface area contributed by atoms with Crippen molar-refractivity contribution in [2.24, 2.45) is 0 Å². The second-order valence-electron chi connectivity index (χ2n) is 7.20. The Morgan fingerprint density at radius 2 is 1.88 bits per heavy atom. The van der Waals surface area contributed by atoms with E-state index in [9.17, 15) is 28.1 Å². The van der Waals surface area contributed by atoms with Crippen molar-refractivity contribution in [3.05, 3.63) is 105 Å². The van der Waals surface area contributed by atoms with E-state index in [0.29, 0.717) is 16.9 Å². The van der Waals surface area contributed by atoms with E-state index in [1.165, 1.54) is 59.3 Å². The Kier molecular flexibility index (Phi) is 7.34. The fourth-order valence-corrected chi connectivity index (χ4v) is 4.18. The SMILES string of the molecule is C=CCNS(=O)(=O)Cc1ccc(NC(=O)c2nn(-c3ccccc3[N+](=O)[O-])c(C)cc2=O)cc1. The minimum atomic E-state index is -3.54. The molecule has 0 spiro atoms. The third-order valence-electron chi connectivity index (χ3n) is 4.65. The standard InChI is InChI=1S/C22H21N5O6S/c1-3-12-23-34(32,33)14-16-8-10-17(11-9-16)24-22(29)21-20(28)13-15(2)26(25-21)18-6-4-5-7-19(18)27(30)31/h3-11,13,23H,1,12,14H2,2H3,(H,24,29). The van der Waals surface area contributed by atoms with Gasteiger partial charge in [0.15, 0.2) is 5.69 Å². The third-order valence-corrected chi connectivity index (χ3v) is 5.97. The van der Waals surface area contributed by atoms with E-state index in [1.54, 1.807) is 13.0 Å². The predicted octanol–water partition coefficient (Wildman–Crippen LogP) is 2.31. The first-order valence-electron chi connectivity index (χ1n) is 9.94. The van der Waals surface area contributed by atoms with Gasteiger partial charge in [0.2, 0.25) is 15.5 Å². The van der Waals surface area contributed by atoms with Crippen molar-refractivity contribution in [2.45, 2.75) is 12.7 Å². The number of nitrogens with zero attached hydrogens (tertiary/aromatic N) is 3. The summed E-state index contributed by atoms with van der Waals surface area (Å²) in [7, 11) is -3.54. The van der Waals surface area contributed by atoms with Gasteiger partial charge in [-0.2, -0.15) is 5.10 Å². The van der Waals surface area contributed by atoms with Crippen LogP contribution in [-0.4, -0.2) is 35.6 Å². The molecule has 34 heavy (non-hydrogen) atoms. The van der Waals surface area contributed by atoms with Crippen molar-refractivity contribution >= 4 is 27.3 Å². The maximum absolute atomic E-state index is 12.7. The molecule has 0 aliphatic rings. The number of hydrogen-bond acceptors (Lipinski definition) is 7. The zero-order valence-corrected chi connectivity index (χ0v) is 18.9. The number of hydrogen-bond donors (Lipinski definition) is 2. The molecule has 0 aliphatic carbocycles. The van der Waals surface area contributed by atoms with Crippen LogP contribution in [-0.2, 0) is 15.8 Å². The Morgan fingerprint density at radius 3 is 2.53 bits per heavy atom. The number of aromatic nitrogens is 2. The molecule has 2 N–H and O–H groups in total. The molecular formula is C22H21N5O6S. The van der Waals surface area contributed by atoms with Crippen LogP contribution in [0.4, 0.5) is 11.4 Å². The van der Waals surface area contributed by atoms with Crippen molar-refractivity contribution in [3.63, 3.8) is 0 Å². The van der Waals surface area contributed by atoms with Crippen LogP contribution in [0.25, 0.3) is 5.69 Å². The largest absolute Gasteiger partial charge is 0.320 e. The van der Waals surface area contributed by atoms with Crippen LogP contribution in [0.2, 0.25) is 0 Å². The van der Waals surface area contributed by atoms with Crippen LogP contribution in [0.3, 0.4) is 0 Å². The summed E-state index contributed by atoms with van der Waals surface area (Å²) in [6.07, 6.45) is 1.43. The summed E-state index contributed by atoms with van der Waals surface area (Å²) in [4.78, 5) is 36.0. The summed E-state index contributed by atoms with van der Waals surface area (Å²) in [5.41, 5.74) is -0.127. The van der Waals surface area contributed by atoms with Crippen molar-refractivity contribution in [3.8, 4) is 5.69 Å². The summed E-state index contributed by atoms with van der Waals surface area (Å²) in [5, 5.41) is 18.0. The van der Waals surface area contributed by atoms with Gasteiger partial charge in [-0.15, -0.1) is 6.58 Å². The highest BCUT2D eigenvalue weighted by molar-refractivity contribution is 7.88. The molecule has 1 amide bonds. The molecule has 0 aliphatic heterocycles. The monoisotopic (exact) mass is 483 g/mol. The van der Waals surface area contributed by atoms with Crippen molar-refractivity contribution < 1.29 is 18.1 Å². The Labute approximate surface area is 194 Å². The van der Waals surface area contributed by atoms with Crippen LogP contribution < -0.4 is 15.5 Å². The number of anilines is 1. The van der Waals surface area contributed by atoms with E-state index in [0.717, 1.165) is 0 Å². The summed E-state index contributed by atoms with van der Waals surface area (Å²) in [6, 6.07) is 13.0. The molecule has 2 aromatic carbocycles. The van der Waals surface area contributed by atoms with Crippen LogP contribution in [0, 0.1) is 17.0 Å². The van der Waals surface area contributed by atoms with Gasteiger partial charge in [-0.25, -0.2) is 17.8 Å². The molecule has 0 unspecified atom stereocenters. The van der Waals surface area contributed by atoms with Gasteiger partial charge in [-0.05, 0) is 30.7 Å². The average Bonchev–Trinajstić information content (AvgIpc) is 2.79. The number of nitro groups is 1. The number of rotatable bonds is 9. The Bertz CT molecular complexity index is 1410. The molecule has 1 heterocycles. The normalized spacial score (nSPS) is 11.1. The smallest absolute Gasteiger partial charge is 0.294 e. The average molecular weight is 484 g/mol. The quantitative estimate of drug-likeness (QED) is 0.269. The highest BCUT2D eigenvalue weighted by Crippen LogP contribution is 2.22. The molecular weight excluding hydrogens is 462 g/mol. The van der Waals surface area contributed by atoms with E-state index in [4.69, 9.17) is 0 Å². The van der Waals surface area contributed by atoms with Crippen molar-refractivity contribution in [1.29, 1.82) is 0 Å². The van der Waals surface area contributed by atoms with Crippen molar-refractivity contribution in [2.75, 3.05) is 11.9 Å². The Morgan fingerprint density at radius 1 is 1.21 bits per heavy atom. The topological polar surface area (TPSA) is 153 Å². The lowest BCUT2D eigenvalue weighted by atomic mass is 10.2. The number of sulfonamides is 1. The minimum Gasteiger partial charge on any atom is -0.320 e. The molecule has 1 aromatic heterocycles. The molecule has 3 rings (SSSR count). The second-order valence-corrected chi connectivity index (χ2v) is 9.01. The number of benzene rings is 2. The summed E-state index contributed by atoms with van der Waals surface area (Å²) < 4.78 is 27.5. The number of aryl methyl sites for hydroxylation is 1. The maximum Gasteiger partial charge on any atom is 0.294 e. The van der Waals surface area contributed by atoms with Gasteiger partial charge in [-0.1, -0.05) is 30.3 Å². The summed E-state index contributed by atoms with van der Waals surface area (Å²) in [6.45, 7) is 5.11. The third kappa shape index (κ3) is 5.79. The van der Waals surface area contributed by atoms with Gasteiger partial charge >= 0.3 is 0 Å². The second kappa shape index (κ2) is 10.2. The molecule has 0 bridgehead atoms. The number of carbonyl (C=O) groups is 1. The van der Waals surface area contributed by atoms with Gasteiger partial charge in [0.05, 0.1) is 10.7 Å². The Balaban J connectivity index is 1.85. The highest BCUT2D eigenvalue weighted by Gasteiger charge is 2.20. The van der Waals surface area contributed by atoms with Gasteiger partial charge in [0.25, 0.3) is 11.6 Å². The fraction of sp³-hybridized carbons (Fsp3) is 0.136. The lowest BCUT2D eigenvalue weighted by Gasteiger charge is -2.12. The van der Waals surface area contributed by atoms with E-state index in [-0.39, 0.29) is 23.7 Å². The molecule has 176 valence electrons. The van der Waals surface area contributed by atoms with Gasteiger partial charge in [0.1, 0.15) is 5.69 Å². The van der Waals surface area contributed by atoms with E-state index in [2.05, 4.69) is 21.7 Å². The lowest BCUT2D eigenvalue weighted by molar-refractivity contribution is -0.384. The highest BCUT2D eigenvalue weighted by atomic mass is 32.2. The number of nitro benzene ring substituents is 1. The zero-order chi connectivity index (χ0) is 24.9. The van der Waals surface area contributed by atoms with Crippen LogP contribution in [0.1, 0.15) is 21.7 Å². The van der Waals surface area contributed by atoms with Gasteiger partial charge < -0.3 is 5.32 Å². The molecule has 0 radical (unpaired) electrons. The first kappa shape index (κ1) is 24.5. The molecule has 0 atom stereocenters. The zero-order valence-electron chi connectivity index (χ0n) is 18.1. The molecule has 0 fully saturated rings. The fourth-order valence-electron chi connectivity index (χ4n) is 3.08. The van der Waals surface area contributed by atoms with E-state index < -0.39 is 32.0 Å². The van der Waals surface area contributed by atoms with E-state index in [1.807, 2.05) is 0 Å². The van der Waals surface area contributed by atoms with E-state index >= 15 is 0 Å². The number of nitrogens with one attached hydrogen (secondary N) is 2. The number of para-hydroxylation sites is 2. The summed E-state index contributed by atoms with van der Waals surface area (Å²) >= 11 is 0. The van der Waals surface area contributed by atoms with Gasteiger partial charge in [0, 0.05) is 30.1 Å². The molecule has 3 aromatic rings.